The van der Waals surface area contributed by atoms with Crippen LogP contribution in [-0.4, -0.2) is 24.4 Å². The summed E-state index contributed by atoms with van der Waals surface area (Å²) in [4.78, 5) is 12.0. The van der Waals surface area contributed by atoms with E-state index in [4.69, 9.17) is 0 Å². The molecule has 0 saturated heterocycles. The lowest BCUT2D eigenvalue weighted by molar-refractivity contribution is -0.140. The highest BCUT2D eigenvalue weighted by atomic mass is 32.2. The molecule has 0 aromatic heterocycles. The number of carbonyl (C=O) groups excluding carboxylic acids is 1. The van der Waals surface area contributed by atoms with E-state index < -0.39 is 0 Å². The number of hydrogen-bond acceptors (Lipinski definition) is 4. The number of phenolic OH excluding ortho intramolecular Hbond substituents is 1. The molecule has 0 spiro atoms. The van der Waals surface area contributed by atoms with Gasteiger partial charge in [0.15, 0.2) is 0 Å². The molecular weight excluding hydrogens is 260 g/mol. The Morgan fingerprint density at radius 2 is 2.11 bits per heavy atom. The number of methoxy groups -OCH3 is 1. The minimum absolute atomic E-state index is 0.0216. The first-order valence-corrected chi connectivity index (χ1v) is 7.57. The molecule has 1 N–H and O–H groups in total. The van der Waals surface area contributed by atoms with Gasteiger partial charge in [-0.1, -0.05) is 19.9 Å². The Morgan fingerprint density at radius 3 is 2.68 bits per heavy atom. The van der Waals surface area contributed by atoms with Crippen LogP contribution < -0.4 is 0 Å². The monoisotopic (exact) mass is 282 g/mol. The summed E-state index contributed by atoms with van der Waals surface area (Å²) < 4.78 is 4.65. The Labute approximate surface area is 119 Å². The largest absolute Gasteiger partial charge is 0.507 e. The second-order valence-corrected chi connectivity index (χ2v) is 6.05. The summed E-state index contributed by atoms with van der Waals surface area (Å²) in [6, 6.07) is 5.72. The molecule has 0 bridgehead atoms. The van der Waals surface area contributed by atoms with Crippen molar-refractivity contribution in [2.75, 3.05) is 13.4 Å². The third-order valence-corrected chi connectivity index (χ3v) is 4.14. The van der Waals surface area contributed by atoms with Crippen LogP contribution >= 0.6 is 11.8 Å². The number of ether oxygens (including phenoxy) is 1. The van der Waals surface area contributed by atoms with Crippen molar-refractivity contribution in [3.8, 4) is 5.75 Å². The minimum atomic E-state index is -0.161. The third kappa shape index (κ3) is 4.46. The van der Waals surface area contributed by atoms with Gasteiger partial charge in [0, 0.05) is 11.3 Å². The van der Waals surface area contributed by atoms with E-state index in [1.54, 1.807) is 6.07 Å². The molecule has 0 radical (unpaired) electrons. The predicted molar refractivity (Wildman–Crippen MR) is 78.8 cm³/mol. The summed E-state index contributed by atoms with van der Waals surface area (Å²) in [7, 11) is 1.41. The van der Waals surface area contributed by atoms with E-state index in [0.717, 1.165) is 17.7 Å². The second-order valence-electron chi connectivity index (χ2n) is 5.20. The number of hydrogen-bond donors (Lipinski definition) is 1. The summed E-state index contributed by atoms with van der Waals surface area (Å²) in [6.45, 7) is 4.31. The number of rotatable bonds is 6. The van der Waals surface area contributed by atoms with Gasteiger partial charge < -0.3 is 9.84 Å². The van der Waals surface area contributed by atoms with Crippen molar-refractivity contribution >= 4 is 17.7 Å². The zero-order valence-corrected chi connectivity index (χ0v) is 12.8. The Balaban J connectivity index is 2.73. The van der Waals surface area contributed by atoms with Crippen LogP contribution in [0.5, 0.6) is 5.75 Å². The van der Waals surface area contributed by atoms with Gasteiger partial charge in [-0.25, -0.2) is 0 Å². The van der Waals surface area contributed by atoms with Gasteiger partial charge in [0.1, 0.15) is 5.75 Å². The van der Waals surface area contributed by atoms with Gasteiger partial charge in [-0.2, -0.15) is 0 Å². The molecule has 1 aromatic carbocycles. The molecule has 0 heterocycles. The van der Waals surface area contributed by atoms with Crippen molar-refractivity contribution in [3.63, 3.8) is 0 Å². The lowest BCUT2D eigenvalue weighted by Crippen LogP contribution is -2.17. The zero-order chi connectivity index (χ0) is 14.5. The number of aromatic hydroxyl groups is 1. The van der Waals surface area contributed by atoms with E-state index in [-0.39, 0.29) is 11.4 Å². The average molecular weight is 282 g/mol. The summed E-state index contributed by atoms with van der Waals surface area (Å²) in [5, 5.41) is 9.70. The van der Waals surface area contributed by atoms with Crippen LogP contribution in [0.4, 0.5) is 0 Å². The third-order valence-electron chi connectivity index (χ3n) is 3.37. The molecule has 0 amide bonds. The summed E-state index contributed by atoms with van der Waals surface area (Å²) in [5.74, 6) is 0.160. The molecule has 4 heteroatoms. The fourth-order valence-corrected chi connectivity index (χ4v) is 2.54. The second kappa shape index (κ2) is 6.85. The van der Waals surface area contributed by atoms with E-state index in [1.807, 2.05) is 18.4 Å². The van der Waals surface area contributed by atoms with Gasteiger partial charge in [0.25, 0.3) is 0 Å². The van der Waals surface area contributed by atoms with Crippen LogP contribution in [0, 0.1) is 0 Å². The number of esters is 1. The van der Waals surface area contributed by atoms with Gasteiger partial charge in [-0.05, 0) is 42.2 Å². The molecule has 1 rings (SSSR count). The first-order chi connectivity index (χ1) is 8.90. The van der Waals surface area contributed by atoms with Gasteiger partial charge >= 0.3 is 5.97 Å². The van der Waals surface area contributed by atoms with Crippen LogP contribution in [0.2, 0.25) is 0 Å². The number of carbonyl (C=O) groups is 1. The van der Waals surface area contributed by atoms with Crippen molar-refractivity contribution < 1.29 is 14.6 Å². The van der Waals surface area contributed by atoms with Gasteiger partial charge in [-0.15, -0.1) is 11.8 Å². The summed E-state index contributed by atoms with van der Waals surface area (Å²) >= 11 is 1.53. The number of thioether (sulfide) groups is 1. The van der Waals surface area contributed by atoms with E-state index in [0.29, 0.717) is 12.2 Å². The molecular formula is C15H22O3S. The molecule has 3 nitrogen and oxygen atoms in total. The average Bonchev–Trinajstić information content (AvgIpc) is 2.38. The predicted octanol–water partition coefficient (Wildman–Crippen LogP) is 3.74. The zero-order valence-electron chi connectivity index (χ0n) is 12.0. The Bertz CT molecular complexity index is 441. The van der Waals surface area contributed by atoms with Crippen LogP contribution in [0.1, 0.15) is 38.7 Å². The van der Waals surface area contributed by atoms with Gasteiger partial charge in [-0.3, -0.25) is 4.79 Å². The summed E-state index contributed by atoms with van der Waals surface area (Å²) in [5.41, 5.74) is 1.16. The Morgan fingerprint density at radius 1 is 1.42 bits per heavy atom. The van der Waals surface area contributed by atoms with Crippen molar-refractivity contribution in [1.82, 2.24) is 0 Å². The lowest BCUT2D eigenvalue weighted by Gasteiger charge is -2.25. The molecule has 0 unspecified atom stereocenters. The first-order valence-electron chi connectivity index (χ1n) is 6.35. The molecule has 0 atom stereocenters. The maximum absolute atomic E-state index is 11.1. The SMILES string of the molecule is COC(=O)CCCC(C)(C)c1ccc(O)c(SC)c1. The van der Waals surface area contributed by atoms with Crippen LogP contribution in [-0.2, 0) is 14.9 Å². The highest BCUT2D eigenvalue weighted by Gasteiger charge is 2.21. The number of benzene rings is 1. The van der Waals surface area contributed by atoms with E-state index in [2.05, 4.69) is 18.6 Å². The standard InChI is InChI=1S/C15H22O3S/c1-15(2,9-5-6-14(17)18-3)11-7-8-12(16)13(10-11)19-4/h7-8,10,16H,5-6,9H2,1-4H3. The molecule has 106 valence electrons. The van der Waals surface area contributed by atoms with Crippen molar-refractivity contribution in [3.05, 3.63) is 23.8 Å². The Kier molecular flexibility index (Phi) is 5.73. The molecule has 0 aliphatic heterocycles. The van der Waals surface area contributed by atoms with Crippen LogP contribution in [0.15, 0.2) is 23.1 Å². The Hall–Kier alpha value is -1.16. The molecule has 0 saturated carbocycles. The topological polar surface area (TPSA) is 46.5 Å². The normalized spacial score (nSPS) is 11.4. The minimum Gasteiger partial charge on any atom is -0.507 e. The molecule has 0 fully saturated rings. The fourth-order valence-electron chi connectivity index (χ4n) is 2.02. The van der Waals surface area contributed by atoms with E-state index in [1.165, 1.54) is 24.4 Å². The van der Waals surface area contributed by atoms with E-state index >= 15 is 0 Å². The molecule has 1 aromatic rings. The van der Waals surface area contributed by atoms with Crippen molar-refractivity contribution in [1.29, 1.82) is 0 Å². The van der Waals surface area contributed by atoms with Crippen LogP contribution in [0.25, 0.3) is 0 Å². The smallest absolute Gasteiger partial charge is 0.305 e. The highest BCUT2D eigenvalue weighted by molar-refractivity contribution is 7.98. The molecule has 0 aliphatic rings. The lowest BCUT2D eigenvalue weighted by atomic mass is 9.80. The maximum atomic E-state index is 11.1. The quantitative estimate of drug-likeness (QED) is 0.638. The molecule has 19 heavy (non-hydrogen) atoms. The van der Waals surface area contributed by atoms with Crippen LogP contribution in [0.3, 0.4) is 0 Å². The highest BCUT2D eigenvalue weighted by Crippen LogP contribution is 2.35. The summed E-state index contributed by atoms with van der Waals surface area (Å²) in [6.07, 6.45) is 4.10. The van der Waals surface area contributed by atoms with Crippen molar-refractivity contribution in [2.24, 2.45) is 0 Å². The fraction of sp³-hybridized carbons (Fsp3) is 0.533. The molecule has 0 aliphatic carbocycles. The van der Waals surface area contributed by atoms with Gasteiger partial charge in [0.2, 0.25) is 0 Å². The van der Waals surface area contributed by atoms with Crippen molar-refractivity contribution in [2.45, 2.75) is 43.4 Å². The van der Waals surface area contributed by atoms with Gasteiger partial charge in [0.05, 0.1) is 7.11 Å². The van der Waals surface area contributed by atoms with E-state index in [9.17, 15) is 9.90 Å². The number of phenols is 1. The first kappa shape index (κ1) is 15.9. The maximum Gasteiger partial charge on any atom is 0.305 e.